The van der Waals surface area contributed by atoms with Gasteiger partial charge in [-0.1, -0.05) is 22.9 Å². The summed E-state index contributed by atoms with van der Waals surface area (Å²) in [4.78, 5) is 11.9. The van der Waals surface area contributed by atoms with E-state index >= 15 is 0 Å². The molecule has 0 radical (unpaired) electrons. The summed E-state index contributed by atoms with van der Waals surface area (Å²) in [6.07, 6.45) is -0.611. The van der Waals surface area contributed by atoms with E-state index in [1.165, 1.54) is 0 Å². The largest absolute Gasteiger partial charge is 0.481 e. The topological polar surface area (TPSA) is 64.4 Å². The number of aryl methyl sites for hydroxylation is 2. The molecule has 0 aliphatic carbocycles. The molecular formula is C14H16N2O3. The molecule has 0 unspecified atom stereocenters. The predicted molar refractivity (Wildman–Crippen MR) is 71.1 cm³/mol. The van der Waals surface area contributed by atoms with Crippen molar-refractivity contribution >= 4 is 11.7 Å². The summed E-state index contributed by atoms with van der Waals surface area (Å²) in [5, 5.41) is 6.32. The molecule has 5 heteroatoms. The fourth-order valence-electron chi connectivity index (χ4n) is 1.53. The number of hydrogen-bond donors (Lipinski definition) is 1. The van der Waals surface area contributed by atoms with Crippen LogP contribution in [0.4, 0.5) is 5.82 Å². The number of anilines is 1. The lowest BCUT2D eigenvalue weighted by Crippen LogP contribution is -2.30. The first-order valence-corrected chi connectivity index (χ1v) is 6.02. The van der Waals surface area contributed by atoms with Gasteiger partial charge in [-0.2, -0.15) is 0 Å². The van der Waals surface area contributed by atoms with Gasteiger partial charge in [0.15, 0.2) is 11.9 Å². The van der Waals surface area contributed by atoms with Crippen LogP contribution in [0.25, 0.3) is 0 Å². The van der Waals surface area contributed by atoms with Crippen molar-refractivity contribution in [3.8, 4) is 5.75 Å². The average Bonchev–Trinajstić information content (AvgIpc) is 2.77. The molecule has 2 aromatic rings. The molecule has 1 amide bonds. The molecule has 19 heavy (non-hydrogen) atoms. The molecule has 0 fully saturated rings. The first kappa shape index (κ1) is 13.1. The van der Waals surface area contributed by atoms with Crippen molar-refractivity contribution in [2.75, 3.05) is 5.32 Å². The highest BCUT2D eigenvalue weighted by Crippen LogP contribution is 2.14. The van der Waals surface area contributed by atoms with Gasteiger partial charge in [-0.15, -0.1) is 0 Å². The van der Waals surface area contributed by atoms with E-state index in [-0.39, 0.29) is 5.91 Å². The molecular weight excluding hydrogens is 244 g/mol. The van der Waals surface area contributed by atoms with Crippen molar-refractivity contribution in [1.82, 2.24) is 5.16 Å². The number of aromatic nitrogens is 1. The van der Waals surface area contributed by atoms with E-state index in [4.69, 9.17) is 9.26 Å². The number of amides is 1. The van der Waals surface area contributed by atoms with Crippen LogP contribution in [-0.2, 0) is 4.79 Å². The summed E-state index contributed by atoms with van der Waals surface area (Å²) < 4.78 is 10.4. The van der Waals surface area contributed by atoms with Crippen LogP contribution >= 0.6 is 0 Å². The Labute approximate surface area is 111 Å². The highest BCUT2D eigenvalue weighted by atomic mass is 16.5. The Hall–Kier alpha value is -2.30. The Morgan fingerprint density at radius 1 is 1.32 bits per heavy atom. The fourth-order valence-corrected chi connectivity index (χ4v) is 1.53. The summed E-state index contributed by atoms with van der Waals surface area (Å²) >= 11 is 0. The quantitative estimate of drug-likeness (QED) is 0.918. The molecule has 1 aromatic heterocycles. The number of nitrogens with one attached hydrogen (secondary N) is 1. The van der Waals surface area contributed by atoms with E-state index in [1.54, 1.807) is 19.9 Å². The van der Waals surface area contributed by atoms with Crippen molar-refractivity contribution < 1.29 is 14.1 Å². The molecule has 0 aliphatic heterocycles. The highest BCUT2D eigenvalue weighted by Gasteiger charge is 2.16. The molecule has 0 aliphatic rings. The Balaban J connectivity index is 1.94. The highest BCUT2D eigenvalue weighted by molar-refractivity contribution is 5.93. The van der Waals surface area contributed by atoms with Gasteiger partial charge in [-0.3, -0.25) is 4.79 Å². The first-order valence-electron chi connectivity index (χ1n) is 6.02. The summed E-state index contributed by atoms with van der Waals surface area (Å²) in [6, 6.07) is 9.18. The number of benzene rings is 1. The summed E-state index contributed by atoms with van der Waals surface area (Å²) in [5.41, 5.74) is 1.14. The van der Waals surface area contributed by atoms with Crippen LogP contribution in [0.2, 0.25) is 0 Å². The maximum atomic E-state index is 11.9. The molecule has 5 nitrogen and oxygen atoms in total. The summed E-state index contributed by atoms with van der Waals surface area (Å²) in [6.45, 7) is 5.43. The Morgan fingerprint density at radius 3 is 2.58 bits per heavy atom. The van der Waals surface area contributed by atoms with Gasteiger partial charge in [0.25, 0.3) is 5.91 Å². The van der Waals surface area contributed by atoms with Crippen molar-refractivity contribution in [1.29, 1.82) is 0 Å². The second-order valence-electron chi connectivity index (χ2n) is 4.39. The number of rotatable bonds is 4. The van der Waals surface area contributed by atoms with Crippen molar-refractivity contribution in [2.45, 2.75) is 26.9 Å². The van der Waals surface area contributed by atoms with Crippen molar-refractivity contribution in [3.05, 3.63) is 41.7 Å². The van der Waals surface area contributed by atoms with E-state index in [2.05, 4.69) is 10.5 Å². The summed E-state index contributed by atoms with van der Waals surface area (Å²) in [7, 11) is 0. The maximum absolute atomic E-state index is 11.9. The predicted octanol–water partition coefficient (Wildman–Crippen LogP) is 2.70. The zero-order chi connectivity index (χ0) is 13.8. The number of ether oxygens (including phenoxy) is 1. The third-order valence-electron chi connectivity index (χ3n) is 2.58. The van der Waals surface area contributed by atoms with Crippen LogP contribution in [0.15, 0.2) is 34.9 Å². The third-order valence-corrected chi connectivity index (χ3v) is 2.58. The Morgan fingerprint density at radius 2 is 2.00 bits per heavy atom. The van der Waals surface area contributed by atoms with E-state index < -0.39 is 6.10 Å². The van der Waals surface area contributed by atoms with Gasteiger partial charge in [0.2, 0.25) is 0 Å². The number of carbonyl (C=O) groups is 1. The lowest BCUT2D eigenvalue weighted by Gasteiger charge is -2.13. The number of hydrogen-bond acceptors (Lipinski definition) is 4. The third kappa shape index (κ3) is 3.58. The molecule has 0 saturated heterocycles. The minimum Gasteiger partial charge on any atom is -0.481 e. The molecule has 1 aromatic carbocycles. The molecule has 0 spiro atoms. The van der Waals surface area contributed by atoms with Crippen LogP contribution in [0.3, 0.4) is 0 Å². The van der Waals surface area contributed by atoms with E-state index in [0.29, 0.717) is 17.3 Å². The lowest BCUT2D eigenvalue weighted by atomic mass is 10.2. The Kier molecular flexibility index (Phi) is 3.85. The van der Waals surface area contributed by atoms with Gasteiger partial charge < -0.3 is 14.6 Å². The fraction of sp³-hybridized carbons (Fsp3) is 0.286. The standard InChI is InChI=1S/C14H16N2O3/c1-9-4-6-12(7-5-9)18-11(3)14(17)15-13-8-10(2)19-16-13/h4-8,11H,1-3H3,(H,15,16,17)/t11-/m0/s1. The normalized spacial score (nSPS) is 11.9. The zero-order valence-electron chi connectivity index (χ0n) is 11.1. The molecule has 2 rings (SSSR count). The maximum Gasteiger partial charge on any atom is 0.266 e. The monoisotopic (exact) mass is 260 g/mol. The van der Waals surface area contributed by atoms with Gasteiger partial charge in [-0.05, 0) is 32.9 Å². The molecule has 1 heterocycles. The van der Waals surface area contributed by atoms with Crippen molar-refractivity contribution in [2.24, 2.45) is 0 Å². The van der Waals surface area contributed by atoms with E-state index in [9.17, 15) is 4.79 Å². The molecule has 0 saturated carbocycles. The smallest absolute Gasteiger partial charge is 0.266 e. The van der Waals surface area contributed by atoms with E-state index in [0.717, 1.165) is 5.56 Å². The van der Waals surface area contributed by atoms with Gasteiger partial charge >= 0.3 is 0 Å². The minimum atomic E-state index is -0.611. The van der Waals surface area contributed by atoms with Gasteiger partial charge in [0.05, 0.1) is 0 Å². The van der Waals surface area contributed by atoms with Crippen LogP contribution in [-0.4, -0.2) is 17.2 Å². The summed E-state index contributed by atoms with van der Waals surface area (Å²) in [5.74, 6) is 1.42. The molecule has 1 atom stereocenters. The number of nitrogens with zero attached hydrogens (tertiary/aromatic N) is 1. The molecule has 0 bridgehead atoms. The van der Waals surface area contributed by atoms with E-state index in [1.807, 2.05) is 31.2 Å². The molecule has 100 valence electrons. The van der Waals surface area contributed by atoms with Gasteiger partial charge in [-0.25, -0.2) is 0 Å². The second-order valence-corrected chi connectivity index (χ2v) is 4.39. The lowest BCUT2D eigenvalue weighted by molar-refractivity contribution is -0.122. The van der Waals surface area contributed by atoms with Crippen LogP contribution in [0.1, 0.15) is 18.2 Å². The second kappa shape index (κ2) is 5.56. The Bertz CT molecular complexity index is 560. The first-order chi connectivity index (χ1) is 9.04. The van der Waals surface area contributed by atoms with Gasteiger partial charge in [0.1, 0.15) is 11.5 Å². The van der Waals surface area contributed by atoms with Gasteiger partial charge in [0, 0.05) is 6.07 Å². The van der Waals surface area contributed by atoms with Crippen LogP contribution in [0, 0.1) is 13.8 Å². The zero-order valence-corrected chi connectivity index (χ0v) is 11.1. The van der Waals surface area contributed by atoms with Crippen LogP contribution < -0.4 is 10.1 Å². The minimum absolute atomic E-state index is 0.270. The van der Waals surface area contributed by atoms with Crippen LogP contribution in [0.5, 0.6) is 5.75 Å². The SMILES string of the molecule is Cc1ccc(O[C@@H](C)C(=O)Nc2cc(C)on2)cc1. The molecule has 1 N–H and O–H groups in total. The van der Waals surface area contributed by atoms with Crippen molar-refractivity contribution in [3.63, 3.8) is 0 Å². The average molecular weight is 260 g/mol. The number of carbonyl (C=O) groups excluding carboxylic acids is 1.